The zero-order valence-corrected chi connectivity index (χ0v) is 17.5. The van der Waals surface area contributed by atoms with E-state index in [1.807, 2.05) is 30.4 Å². The molecule has 4 aromatic rings. The quantitative estimate of drug-likeness (QED) is 0.539. The number of aromatic amines is 1. The molecule has 0 aromatic carbocycles. The number of nitrogens with one attached hydrogen (secondary N) is 1. The van der Waals surface area contributed by atoms with E-state index in [0.29, 0.717) is 23.8 Å². The second-order valence-electron chi connectivity index (χ2n) is 6.96. The molecule has 0 spiro atoms. The van der Waals surface area contributed by atoms with Crippen molar-refractivity contribution in [2.45, 2.75) is 19.4 Å². The van der Waals surface area contributed by atoms with Crippen LogP contribution in [0.4, 0.5) is 17.2 Å². The van der Waals surface area contributed by atoms with Crippen LogP contribution in [0, 0.1) is 0 Å². The molecule has 1 atom stereocenters. The van der Waals surface area contributed by atoms with E-state index in [-0.39, 0.29) is 11.9 Å². The first-order valence-electron chi connectivity index (χ1n) is 9.44. The SMILES string of the molecule is CC[C@@H]1C(=O)N(C)c2cnc(-c3cn[nH]c3-c3nccs3)nc2N1c1cnn(C)c1. The van der Waals surface area contributed by atoms with Crippen molar-refractivity contribution in [2.24, 2.45) is 7.05 Å². The molecule has 0 bridgehead atoms. The molecule has 0 fully saturated rings. The van der Waals surface area contributed by atoms with E-state index in [0.717, 1.165) is 22.0 Å². The van der Waals surface area contributed by atoms with Crippen LogP contribution >= 0.6 is 11.3 Å². The highest BCUT2D eigenvalue weighted by Crippen LogP contribution is 2.40. The van der Waals surface area contributed by atoms with Gasteiger partial charge >= 0.3 is 0 Å². The molecule has 10 nitrogen and oxygen atoms in total. The third kappa shape index (κ3) is 2.77. The summed E-state index contributed by atoms with van der Waals surface area (Å²) in [5.74, 6) is 1.17. The normalized spacial score (nSPS) is 16.2. The Bertz CT molecular complexity index is 1210. The lowest BCUT2D eigenvalue weighted by atomic mass is 10.1. The van der Waals surface area contributed by atoms with Gasteiger partial charge < -0.3 is 9.80 Å². The Morgan fingerprint density at radius 1 is 1.20 bits per heavy atom. The van der Waals surface area contributed by atoms with E-state index in [1.165, 1.54) is 11.3 Å². The maximum Gasteiger partial charge on any atom is 0.250 e. The molecule has 0 saturated heterocycles. The smallest absolute Gasteiger partial charge is 0.250 e. The number of carbonyl (C=O) groups is 1. The maximum atomic E-state index is 13.0. The molecule has 11 heteroatoms. The van der Waals surface area contributed by atoms with Crippen molar-refractivity contribution in [3.63, 3.8) is 0 Å². The molecule has 1 N–H and O–H groups in total. The number of H-pyrrole nitrogens is 1. The summed E-state index contributed by atoms with van der Waals surface area (Å²) >= 11 is 1.51. The third-order valence-corrected chi connectivity index (χ3v) is 5.94. The van der Waals surface area contributed by atoms with Crippen molar-refractivity contribution in [3.05, 3.63) is 36.4 Å². The van der Waals surface area contributed by atoms with Crippen LogP contribution in [0.3, 0.4) is 0 Å². The van der Waals surface area contributed by atoms with Crippen molar-refractivity contribution < 1.29 is 4.79 Å². The molecule has 30 heavy (non-hydrogen) atoms. The zero-order valence-electron chi connectivity index (χ0n) is 16.6. The Hall–Kier alpha value is -3.60. The number of rotatable bonds is 4. The molecular weight excluding hydrogens is 402 g/mol. The summed E-state index contributed by atoms with van der Waals surface area (Å²) in [4.78, 5) is 30.4. The van der Waals surface area contributed by atoms with Crippen LogP contribution in [0.25, 0.3) is 22.1 Å². The van der Waals surface area contributed by atoms with Gasteiger partial charge in [-0.15, -0.1) is 11.3 Å². The van der Waals surface area contributed by atoms with E-state index in [2.05, 4.69) is 25.3 Å². The number of carbonyl (C=O) groups excluding carboxylic acids is 1. The second kappa shape index (κ2) is 7.02. The highest BCUT2D eigenvalue weighted by molar-refractivity contribution is 7.13. The standard InChI is InChI=1S/C19H19N9OS/c1-4-13-19(29)27(3)14-9-21-16(12-8-22-25-15(12)18-20-5-6-30-18)24-17(14)28(13)11-7-23-26(2)10-11/h5-10,13H,4H2,1-3H3,(H,22,25)/t13-/m1/s1. The number of nitrogens with zero attached hydrogens (tertiary/aromatic N) is 8. The van der Waals surface area contributed by atoms with E-state index < -0.39 is 0 Å². The summed E-state index contributed by atoms with van der Waals surface area (Å²) in [7, 11) is 3.60. The van der Waals surface area contributed by atoms with Crippen LogP contribution in [-0.2, 0) is 11.8 Å². The lowest BCUT2D eigenvalue weighted by Gasteiger charge is -2.39. The van der Waals surface area contributed by atoms with Crippen LogP contribution in [0.15, 0.2) is 36.4 Å². The van der Waals surface area contributed by atoms with E-state index in [9.17, 15) is 4.79 Å². The molecule has 5 rings (SSSR count). The zero-order chi connectivity index (χ0) is 20.8. The predicted octanol–water partition coefficient (Wildman–Crippen LogP) is 2.62. The van der Waals surface area contributed by atoms with Crippen molar-refractivity contribution in [2.75, 3.05) is 16.8 Å². The number of aromatic nitrogens is 7. The fraction of sp³-hybridized carbons (Fsp3) is 0.263. The van der Waals surface area contributed by atoms with E-state index >= 15 is 0 Å². The summed E-state index contributed by atoms with van der Waals surface area (Å²) in [6.45, 7) is 1.99. The van der Waals surface area contributed by atoms with Crippen molar-refractivity contribution >= 4 is 34.4 Å². The second-order valence-corrected chi connectivity index (χ2v) is 7.86. The Balaban J connectivity index is 1.68. The number of hydrogen-bond acceptors (Lipinski definition) is 8. The molecule has 0 radical (unpaired) electrons. The topological polar surface area (TPSA) is 109 Å². The molecule has 1 aliphatic rings. The molecule has 4 aromatic heterocycles. The van der Waals surface area contributed by atoms with Gasteiger partial charge in [0.1, 0.15) is 22.4 Å². The first-order valence-corrected chi connectivity index (χ1v) is 10.3. The molecule has 0 unspecified atom stereocenters. The van der Waals surface area contributed by atoms with E-state index in [1.54, 1.807) is 41.4 Å². The Kier molecular flexibility index (Phi) is 4.31. The number of hydrogen-bond donors (Lipinski definition) is 1. The first-order chi connectivity index (χ1) is 14.6. The van der Waals surface area contributed by atoms with Gasteiger partial charge in [0.2, 0.25) is 5.91 Å². The molecule has 152 valence electrons. The average molecular weight is 421 g/mol. The minimum Gasteiger partial charge on any atom is -0.309 e. The number of anilines is 3. The van der Waals surface area contributed by atoms with Crippen LogP contribution in [0.1, 0.15) is 13.3 Å². The van der Waals surface area contributed by atoms with Gasteiger partial charge in [-0.3, -0.25) is 14.6 Å². The predicted molar refractivity (Wildman–Crippen MR) is 114 cm³/mol. The van der Waals surface area contributed by atoms with Crippen LogP contribution < -0.4 is 9.80 Å². The summed E-state index contributed by atoms with van der Waals surface area (Å²) in [5, 5.41) is 14.2. The van der Waals surface area contributed by atoms with Crippen molar-refractivity contribution in [1.29, 1.82) is 0 Å². The van der Waals surface area contributed by atoms with Gasteiger partial charge in [0.15, 0.2) is 11.6 Å². The summed E-state index contributed by atoms with van der Waals surface area (Å²) in [6, 6.07) is -0.378. The fourth-order valence-corrected chi connectivity index (χ4v) is 4.31. The molecule has 1 amide bonds. The van der Waals surface area contributed by atoms with Gasteiger partial charge in [-0.2, -0.15) is 10.2 Å². The van der Waals surface area contributed by atoms with Gasteiger partial charge in [-0.25, -0.2) is 15.0 Å². The molecular formula is C19H19N9OS. The fourth-order valence-electron chi connectivity index (χ4n) is 3.67. The molecule has 1 aliphatic heterocycles. The Morgan fingerprint density at radius 3 is 2.77 bits per heavy atom. The number of thiazole rings is 1. The van der Waals surface area contributed by atoms with Crippen LogP contribution in [0.5, 0.6) is 0 Å². The van der Waals surface area contributed by atoms with Crippen molar-refractivity contribution in [1.82, 2.24) is 34.9 Å². The summed E-state index contributed by atoms with van der Waals surface area (Å²) in [6.07, 6.45) is 9.38. The Labute approximate surface area is 176 Å². The first kappa shape index (κ1) is 18.4. The van der Waals surface area contributed by atoms with Crippen LogP contribution in [0.2, 0.25) is 0 Å². The Morgan fingerprint density at radius 2 is 2.07 bits per heavy atom. The summed E-state index contributed by atoms with van der Waals surface area (Å²) < 4.78 is 1.71. The number of aryl methyl sites for hydroxylation is 1. The lowest BCUT2D eigenvalue weighted by Crippen LogP contribution is -2.50. The minimum atomic E-state index is -0.378. The van der Waals surface area contributed by atoms with E-state index in [4.69, 9.17) is 4.98 Å². The third-order valence-electron chi connectivity index (χ3n) is 5.15. The maximum absolute atomic E-state index is 13.0. The number of amides is 1. The lowest BCUT2D eigenvalue weighted by molar-refractivity contribution is -0.119. The molecule has 0 aliphatic carbocycles. The monoisotopic (exact) mass is 421 g/mol. The molecule has 5 heterocycles. The van der Waals surface area contributed by atoms with Gasteiger partial charge in [0.25, 0.3) is 0 Å². The van der Waals surface area contributed by atoms with Crippen LogP contribution in [-0.4, -0.2) is 53.9 Å². The molecule has 0 saturated carbocycles. The average Bonchev–Trinajstić information content (AvgIpc) is 3.51. The van der Waals surface area contributed by atoms with Gasteiger partial charge in [-0.05, 0) is 6.42 Å². The number of likely N-dealkylation sites (N-methyl/N-ethyl adjacent to an activating group) is 1. The largest absolute Gasteiger partial charge is 0.309 e. The number of fused-ring (bicyclic) bond motifs is 1. The minimum absolute atomic E-state index is 0.00279. The highest BCUT2D eigenvalue weighted by Gasteiger charge is 2.38. The highest BCUT2D eigenvalue weighted by atomic mass is 32.1. The van der Waals surface area contributed by atoms with Gasteiger partial charge in [0, 0.05) is 31.9 Å². The van der Waals surface area contributed by atoms with Gasteiger partial charge in [-0.1, -0.05) is 6.92 Å². The van der Waals surface area contributed by atoms with Gasteiger partial charge in [0.05, 0.1) is 29.8 Å². The summed E-state index contributed by atoms with van der Waals surface area (Å²) in [5.41, 5.74) is 2.98. The van der Waals surface area contributed by atoms with Crippen molar-refractivity contribution in [3.8, 4) is 22.1 Å².